The maximum Gasteiger partial charge on any atom is 0.408 e. The third kappa shape index (κ3) is 6.51. The second kappa shape index (κ2) is 11.1. The Morgan fingerprint density at radius 3 is 2.28 bits per heavy atom. The number of ether oxygens (including phenoxy) is 1. The van der Waals surface area contributed by atoms with Crippen molar-refractivity contribution in [2.75, 3.05) is 11.9 Å². The van der Waals surface area contributed by atoms with Crippen LogP contribution in [0.4, 0.5) is 16.3 Å². The lowest BCUT2D eigenvalue weighted by atomic mass is 9.71. The number of hydrogen-bond donors (Lipinski definition) is 3. The van der Waals surface area contributed by atoms with E-state index in [-0.39, 0.29) is 24.5 Å². The zero-order chi connectivity index (χ0) is 28.2. The summed E-state index contributed by atoms with van der Waals surface area (Å²) in [6.07, 6.45) is 1.87. The number of anilines is 1. The van der Waals surface area contributed by atoms with Gasteiger partial charge in [0.15, 0.2) is 0 Å². The molecule has 3 aromatic rings. The molecule has 204 valence electrons. The van der Waals surface area contributed by atoms with Crippen molar-refractivity contribution in [1.82, 2.24) is 10.3 Å². The molecule has 0 atom stereocenters. The summed E-state index contributed by atoms with van der Waals surface area (Å²) in [7, 11) is 0. The minimum absolute atomic E-state index is 0.00191. The van der Waals surface area contributed by atoms with Crippen LogP contribution in [0.5, 0.6) is 0 Å². The van der Waals surface area contributed by atoms with Gasteiger partial charge in [0, 0.05) is 23.7 Å². The number of carbonyl (C=O) groups is 2. The average Bonchev–Trinajstić information content (AvgIpc) is 2.85. The molecule has 2 aromatic carbocycles. The molecule has 3 N–H and O–H groups in total. The van der Waals surface area contributed by atoms with E-state index >= 15 is 0 Å². The van der Waals surface area contributed by atoms with Crippen LogP contribution < -0.4 is 10.6 Å². The molecule has 1 aliphatic carbocycles. The largest absolute Gasteiger partial charge is 0.481 e. The molecule has 10 nitrogen and oxygen atoms in total. The zero-order valence-corrected chi connectivity index (χ0v) is 22.2. The standard InChI is InChI=1S/C29H32N4O6/c1-28(2,3)39-27(36)32-29(15-7-16-29)21-12-10-20(11-13-21)25-22(19-8-5-4-6-9-19)18-23(33(37)38)26(31-25)30-17-14-24(34)35/h4-6,8-13,18H,7,14-17H2,1-3H3,(H,30,31)(H,32,36)(H,34,35). The highest BCUT2D eigenvalue weighted by Gasteiger charge is 2.41. The van der Waals surface area contributed by atoms with E-state index in [1.807, 2.05) is 75.4 Å². The number of rotatable bonds is 9. The molecule has 0 radical (unpaired) electrons. The molecule has 1 heterocycles. The summed E-state index contributed by atoms with van der Waals surface area (Å²) in [6, 6.07) is 18.3. The molecule has 0 aliphatic heterocycles. The van der Waals surface area contributed by atoms with Gasteiger partial charge in [-0.05, 0) is 51.2 Å². The third-order valence-corrected chi connectivity index (χ3v) is 6.57. The lowest BCUT2D eigenvalue weighted by Gasteiger charge is -2.43. The Morgan fingerprint density at radius 1 is 1.08 bits per heavy atom. The quantitative estimate of drug-likeness (QED) is 0.221. The highest BCUT2D eigenvalue weighted by atomic mass is 16.6. The van der Waals surface area contributed by atoms with Crippen molar-refractivity contribution in [3.05, 3.63) is 76.3 Å². The molecular weight excluding hydrogens is 500 g/mol. The first kappa shape index (κ1) is 27.6. The van der Waals surface area contributed by atoms with Crippen LogP contribution in [0, 0.1) is 10.1 Å². The van der Waals surface area contributed by atoms with Gasteiger partial charge in [0.1, 0.15) is 5.60 Å². The first-order valence-corrected chi connectivity index (χ1v) is 12.8. The summed E-state index contributed by atoms with van der Waals surface area (Å²) in [6.45, 7) is 5.45. The molecule has 10 heteroatoms. The van der Waals surface area contributed by atoms with Gasteiger partial charge in [-0.1, -0.05) is 54.6 Å². The fourth-order valence-electron chi connectivity index (χ4n) is 4.58. The summed E-state index contributed by atoms with van der Waals surface area (Å²) in [5.74, 6) is -1.02. The minimum atomic E-state index is -1.02. The lowest BCUT2D eigenvalue weighted by molar-refractivity contribution is -0.384. The van der Waals surface area contributed by atoms with Crippen LogP contribution in [0.3, 0.4) is 0 Å². The topological polar surface area (TPSA) is 144 Å². The van der Waals surface area contributed by atoms with Crippen molar-refractivity contribution < 1.29 is 24.4 Å². The summed E-state index contributed by atoms with van der Waals surface area (Å²) in [5, 5.41) is 26.7. The molecule has 1 saturated carbocycles. The van der Waals surface area contributed by atoms with Crippen LogP contribution in [0.15, 0.2) is 60.7 Å². The van der Waals surface area contributed by atoms with Gasteiger partial charge >= 0.3 is 17.7 Å². The molecule has 4 rings (SSSR count). The van der Waals surface area contributed by atoms with E-state index < -0.39 is 28.1 Å². The molecule has 1 amide bonds. The molecule has 39 heavy (non-hydrogen) atoms. The summed E-state index contributed by atoms with van der Waals surface area (Å²) >= 11 is 0. The predicted octanol–water partition coefficient (Wildman–Crippen LogP) is 6.11. The number of alkyl carbamates (subject to hydrolysis) is 1. The smallest absolute Gasteiger partial charge is 0.408 e. The summed E-state index contributed by atoms with van der Waals surface area (Å²) in [5.41, 5.74) is 2.14. The van der Waals surface area contributed by atoms with E-state index in [2.05, 4.69) is 15.6 Å². The van der Waals surface area contributed by atoms with Crippen LogP contribution in [-0.4, -0.2) is 39.2 Å². The maximum atomic E-state index is 12.5. The lowest BCUT2D eigenvalue weighted by Crippen LogP contribution is -2.52. The van der Waals surface area contributed by atoms with Crippen LogP contribution in [0.2, 0.25) is 0 Å². The van der Waals surface area contributed by atoms with Crippen molar-refractivity contribution >= 4 is 23.6 Å². The Hall–Kier alpha value is -4.47. The number of carbonyl (C=O) groups excluding carboxylic acids is 1. The van der Waals surface area contributed by atoms with Gasteiger partial charge < -0.3 is 20.5 Å². The number of amides is 1. The Morgan fingerprint density at radius 2 is 1.74 bits per heavy atom. The van der Waals surface area contributed by atoms with Gasteiger partial charge in [0.25, 0.3) is 0 Å². The molecule has 1 fully saturated rings. The molecule has 0 unspecified atom stereocenters. The number of pyridine rings is 1. The number of nitro groups is 1. The Labute approximate surface area is 226 Å². The van der Waals surface area contributed by atoms with Crippen LogP contribution in [-0.2, 0) is 15.1 Å². The number of aromatic nitrogens is 1. The van der Waals surface area contributed by atoms with Crippen LogP contribution in [0.25, 0.3) is 22.4 Å². The van der Waals surface area contributed by atoms with Gasteiger partial charge in [0.05, 0.1) is 22.6 Å². The number of hydrogen-bond acceptors (Lipinski definition) is 7. The van der Waals surface area contributed by atoms with Gasteiger partial charge in [0.2, 0.25) is 5.82 Å². The van der Waals surface area contributed by atoms with Gasteiger partial charge in [-0.2, -0.15) is 0 Å². The van der Waals surface area contributed by atoms with Crippen LogP contribution >= 0.6 is 0 Å². The normalized spacial score (nSPS) is 14.1. The predicted molar refractivity (Wildman–Crippen MR) is 147 cm³/mol. The molecule has 1 aliphatic rings. The summed E-state index contributed by atoms with van der Waals surface area (Å²) in [4.78, 5) is 39.5. The SMILES string of the molecule is CC(C)(C)OC(=O)NC1(c2ccc(-c3nc(NCCC(=O)O)c([N+](=O)[O-])cc3-c3ccccc3)cc2)CCC1. The van der Waals surface area contributed by atoms with E-state index in [9.17, 15) is 19.7 Å². The van der Waals surface area contributed by atoms with E-state index in [1.54, 1.807) is 0 Å². The molecule has 0 bridgehead atoms. The van der Waals surface area contributed by atoms with Gasteiger partial charge in [-0.3, -0.25) is 14.9 Å². The van der Waals surface area contributed by atoms with Gasteiger partial charge in [-0.15, -0.1) is 0 Å². The van der Waals surface area contributed by atoms with E-state index in [0.29, 0.717) is 11.3 Å². The zero-order valence-electron chi connectivity index (χ0n) is 22.2. The van der Waals surface area contributed by atoms with Crippen molar-refractivity contribution in [2.45, 2.75) is 57.6 Å². The first-order valence-electron chi connectivity index (χ1n) is 12.8. The maximum absolute atomic E-state index is 12.5. The molecule has 0 saturated heterocycles. The first-order chi connectivity index (χ1) is 18.5. The second-order valence-corrected chi connectivity index (χ2v) is 10.6. The third-order valence-electron chi connectivity index (χ3n) is 6.57. The van der Waals surface area contributed by atoms with Crippen LogP contribution in [0.1, 0.15) is 52.0 Å². The monoisotopic (exact) mass is 532 g/mol. The Bertz CT molecular complexity index is 1360. The molecular formula is C29H32N4O6. The number of nitrogens with one attached hydrogen (secondary N) is 2. The van der Waals surface area contributed by atoms with Crippen molar-refractivity contribution in [3.8, 4) is 22.4 Å². The molecule has 0 spiro atoms. The summed E-state index contributed by atoms with van der Waals surface area (Å²) < 4.78 is 5.48. The highest BCUT2D eigenvalue weighted by molar-refractivity contribution is 5.85. The Balaban J connectivity index is 1.72. The van der Waals surface area contributed by atoms with Crippen molar-refractivity contribution in [3.63, 3.8) is 0 Å². The average molecular weight is 533 g/mol. The number of benzene rings is 2. The number of carboxylic acids is 1. The van der Waals surface area contributed by atoms with E-state index in [1.165, 1.54) is 6.07 Å². The van der Waals surface area contributed by atoms with Crippen molar-refractivity contribution in [1.29, 1.82) is 0 Å². The minimum Gasteiger partial charge on any atom is -0.481 e. The fourth-order valence-corrected chi connectivity index (χ4v) is 4.58. The van der Waals surface area contributed by atoms with E-state index in [4.69, 9.17) is 9.84 Å². The number of nitrogens with zero attached hydrogens (tertiary/aromatic N) is 2. The number of aliphatic carboxylic acids is 1. The van der Waals surface area contributed by atoms with E-state index in [0.717, 1.165) is 36.0 Å². The molecule has 1 aromatic heterocycles. The van der Waals surface area contributed by atoms with Gasteiger partial charge in [-0.25, -0.2) is 9.78 Å². The van der Waals surface area contributed by atoms with Crippen molar-refractivity contribution in [2.24, 2.45) is 0 Å². The number of carboxylic acid groups (broad SMARTS) is 1. The Kier molecular flexibility index (Phi) is 7.85. The highest BCUT2D eigenvalue weighted by Crippen LogP contribution is 2.43. The fraction of sp³-hybridized carbons (Fsp3) is 0.345. The second-order valence-electron chi connectivity index (χ2n) is 10.6.